The van der Waals surface area contributed by atoms with E-state index in [0.717, 1.165) is 19.0 Å². The summed E-state index contributed by atoms with van der Waals surface area (Å²) in [4.78, 5) is 0. The smallest absolute Gasteiger partial charge is 0.0205 e. The predicted molar refractivity (Wildman–Crippen MR) is 81.3 cm³/mol. The maximum Gasteiger partial charge on any atom is 0.0205 e. The molecule has 1 fully saturated rings. The van der Waals surface area contributed by atoms with Crippen molar-refractivity contribution in [2.75, 3.05) is 6.54 Å². The van der Waals surface area contributed by atoms with E-state index in [0.29, 0.717) is 0 Å². The van der Waals surface area contributed by atoms with Crippen LogP contribution in [0.15, 0.2) is 35.9 Å². The Bertz CT molecular complexity index is 426. The zero-order valence-corrected chi connectivity index (χ0v) is 11.8. The summed E-state index contributed by atoms with van der Waals surface area (Å²) in [5.74, 6) is 0.875. The minimum atomic E-state index is 0.875. The molecule has 1 nitrogen and oxygen atoms in total. The lowest BCUT2D eigenvalue weighted by Gasteiger charge is -2.13. The number of hydrogen-bond acceptors (Lipinski definition) is 1. The average molecular weight is 255 g/mol. The Labute approximate surface area is 117 Å². The third-order valence-electron chi connectivity index (χ3n) is 4.37. The highest BCUT2D eigenvalue weighted by atomic mass is 14.8. The van der Waals surface area contributed by atoms with Crippen LogP contribution in [0.1, 0.15) is 62.0 Å². The van der Waals surface area contributed by atoms with Crippen molar-refractivity contribution in [3.8, 4) is 0 Å². The summed E-state index contributed by atoms with van der Waals surface area (Å²) in [5.41, 5.74) is 4.63. The Hall–Kier alpha value is -1.08. The fourth-order valence-electron chi connectivity index (χ4n) is 2.94. The molecule has 1 aromatic carbocycles. The molecule has 0 radical (unpaired) electrons. The van der Waals surface area contributed by atoms with Gasteiger partial charge in [-0.2, -0.15) is 0 Å². The molecule has 1 aromatic rings. The summed E-state index contributed by atoms with van der Waals surface area (Å²) >= 11 is 0. The maximum atomic E-state index is 3.57. The number of nitrogens with one attached hydrogen (secondary N) is 1. The van der Waals surface area contributed by atoms with Crippen molar-refractivity contribution in [3.05, 3.63) is 47.0 Å². The largest absolute Gasteiger partial charge is 0.312 e. The number of allylic oxidation sites excluding steroid dienone is 1. The second-order valence-corrected chi connectivity index (χ2v) is 6.05. The van der Waals surface area contributed by atoms with E-state index in [1.165, 1.54) is 56.1 Å². The zero-order valence-electron chi connectivity index (χ0n) is 11.8. The molecule has 0 atom stereocenters. The summed E-state index contributed by atoms with van der Waals surface area (Å²) in [6, 6.07) is 9.22. The van der Waals surface area contributed by atoms with Gasteiger partial charge in [0.2, 0.25) is 0 Å². The molecule has 0 spiro atoms. The molecule has 0 saturated heterocycles. The van der Waals surface area contributed by atoms with Crippen molar-refractivity contribution >= 4 is 0 Å². The molecule has 1 heteroatoms. The molecule has 0 unspecified atom stereocenters. The monoisotopic (exact) mass is 255 g/mol. The van der Waals surface area contributed by atoms with Crippen molar-refractivity contribution in [2.24, 2.45) is 0 Å². The first kappa shape index (κ1) is 12.9. The van der Waals surface area contributed by atoms with E-state index in [4.69, 9.17) is 0 Å². The molecule has 0 heterocycles. The van der Waals surface area contributed by atoms with Gasteiger partial charge in [0, 0.05) is 6.54 Å². The standard InChI is InChI=1S/C18H25N/c1-2-4-15(5-3-1)12-13-19-14-16-6-8-17(9-7-16)18-10-11-18/h4,6-9,18-19H,1-3,5,10-14H2. The van der Waals surface area contributed by atoms with Crippen LogP contribution >= 0.6 is 0 Å². The molecule has 0 amide bonds. The van der Waals surface area contributed by atoms with Crippen LogP contribution in [0, 0.1) is 0 Å². The molecule has 0 aromatic heterocycles. The van der Waals surface area contributed by atoms with Crippen LogP contribution < -0.4 is 5.32 Å². The third-order valence-corrected chi connectivity index (χ3v) is 4.37. The first-order valence-corrected chi connectivity index (χ1v) is 7.89. The van der Waals surface area contributed by atoms with E-state index in [1.807, 2.05) is 0 Å². The topological polar surface area (TPSA) is 12.0 Å². The van der Waals surface area contributed by atoms with Crippen LogP contribution in [0.5, 0.6) is 0 Å². The molecular formula is C18H25N. The van der Waals surface area contributed by atoms with E-state index in [-0.39, 0.29) is 0 Å². The second kappa shape index (κ2) is 6.38. The van der Waals surface area contributed by atoms with E-state index in [9.17, 15) is 0 Å². The quantitative estimate of drug-likeness (QED) is 0.581. The lowest BCUT2D eigenvalue weighted by molar-refractivity contribution is 0.632. The fourth-order valence-corrected chi connectivity index (χ4v) is 2.94. The van der Waals surface area contributed by atoms with Crippen molar-refractivity contribution in [1.29, 1.82) is 0 Å². The van der Waals surface area contributed by atoms with E-state index < -0.39 is 0 Å². The van der Waals surface area contributed by atoms with Gasteiger partial charge in [0.1, 0.15) is 0 Å². The molecule has 1 saturated carbocycles. The van der Waals surface area contributed by atoms with E-state index in [2.05, 4.69) is 35.7 Å². The van der Waals surface area contributed by atoms with Gasteiger partial charge < -0.3 is 5.32 Å². The summed E-state index contributed by atoms with van der Waals surface area (Å²) in [5, 5.41) is 3.57. The highest BCUT2D eigenvalue weighted by molar-refractivity contribution is 5.27. The first-order valence-electron chi connectivity index (χ1n) is 7.89. The SMILES string of the molecule is C1=C(CCNCc2ccc(C3CC3)cc2)CCCC1. The zero-order chi connectivity index (χ0) is 12.9. The average Bonchev–Trinajstić information content (AvgIpc) is 3.30. The van der Waals surface area contributed by atoms with Gasteiger partial charge in [-0.15, -0.1) is 0 Å². The Morgan fingerprint density at radius 1 is 1.05 bits per heavy atom. The van der Waals surface area contributed by atoms with Crippen molar-refractivity contribution < 1.29 is 0 Å². The molecule has 102 valence electrons. The van der Waals surface area contributed by atoms with Gasteiger partial charge in [0.05, 0.1) is 0 Å². The first-order chi connectivity index (χ1) is 9.42. The van der Waals surface area contributed by atoms with Crippen LogP contribution in [0.3, 0.4) is 0 Å². The molecule has 0 bridgehead atoms. The molecule has 0 aliphatic heterocycles. The van der Waals surface area contributed by atoms with Crippen LogP contribution in [0.4, 0.5) is 0 Å². The normalized spacial score (nSPS) is 19.3. The van der Waals surface area contributed by atoms with Gasteiger partial charge in [-0.1, -0.05) is 35.9 Å². The third kappa shape index (κ3) is 3.94. The van der Waals surface area contributed by atoms with Gasteiger partial charge in [-0.05, 0) is 68.5 Å². The van der Waals surface area contributed by atoms with Crippen molar-refractivity contribution in [1.82, 2.24) is 5.32 Å². The molecular weight excluding hydrogens is 230 g/mol. The molecule has 19 heavy (non-hydrogen) atoms. The second-order valence-electron chi connectivity index (χ2n) is 6.05. The van der Waals surface area contributed by atoms with Crippen LogP contribution in [0.25, 0.3) is 0 Å². The van der Waals surface area contributed by atoms with Crippen molar-refractivity contribution in [3.63, 3.8) is 0 Å². The lowest BCUT2D eigenvalue weighted by atomic mass is 9.97. The number of rotatable bonds is 6. The summed E-state index contributed by atoms with van der Waals surface area (Å²) in [6.07, 6.45) is 11.9. The molecule has 1 N–H and O–H groups in total. The van der Waals surface area contributed by atoms with E-state index in [1.54, 1.807) is 5.57 Å². The Kier molecular flexibility index (Phi) is 4.34. The van der Waals surface area contributed by atoms with Crippen LogP contribution in [-0.2, 0) is 6.54 Å². The lowest BCUT2D eigenvalue weighted by Crippen LogP contribution is -2.15. The summed E-state index contributed by atoms with van der Waals surface area (Å²) in [7, 11) is 0. The molecule has 3 rings (SSSR count). The predicted octanol–water partition coefficient (Wildman–Crippen LogP) is 4.54. The van der Waals surface area contributed by atoms with Gasteiger partial charge >= 0.3 is 0 Å². The Morgan fingerprint density at radius 2 is 1.89 bits per heavy atom. The highest BCUT2D eigenvalue weighted by Gasteiger charge is 2.22. The van der Waals surface area contributed by atoms with E-state index >= 15 is 0 Å². The fraction of sp³-hybridized carbons (Fsp3) is 0.556. The van der Waals surface area contributed by atoms with Gasteiger partial charge in [-0.25, -0.2) is 0 Å². The van der Waals surface area contributed by atoms with Crippen LogP contribution in [0.2, 0.25) is 0 Å². The summed E-state index contributed by atoms with van der Waals surface area (Å²) < 4.78 is 0. The summed E-state index contributed by atoms with van der Waals surface area (Å²) in [6.45, 7) is 2.13. The Morgan fingerprint density at radius 3 is 2.58 bits per heavy atom. The molecule has 2 aliphatic rings. The van der Waals surface area contributed by atoms with Gasteiger partial charge in [-0.3, -0.25) is 0 Å². The van der Waals surface area contributed by atoms with Crippen LogP contribution in [-0.4, -0.2) is 6.54 Å². The minimum Gasteiger partial charge on any atom is -0.312 e. The van der Waals surface area contributed by atoms with Crippen molar-refractivity contribution in [2.45, 2.75) is 57.4 Å². The number of hydrogen-bond donors (Lipinski definition) is 1. The van der Waals surface area contributed by atoms with Gasteiger partial charge in [0.15, 0.2) is 0 Å². The Balaban J connectivity index is 1.38. The number of benzene rings is 1. The van der Waals surface area contributed by atoms with Gasteiger partial charge in [0.25, 0.3) is 0 Å². The highest BCUT2D eigenvalue weighted by Crippen LogP contribution is 2.39. The molecule has 2 aliphatic carbocycles. The minimum absolute atomic E-state index is 0.875. The maximum absolute atomic E-state index is 3.57.